The lowest BCUT2D eigenvalue weighted by Gasteiger charge is -2.13. The second-order valence-electron chi connectivity index (χ2n) is 4.50. The van der Waals surface area contributed by atoms with Crippen molar-refractivity contribution in [3.63, 3.8) is 0 Å². The summed E-state index contributed by atoms with van der Waals surface area (Å²) < 4.78 is 13.6. The summed E-state index contributed by atoms with van der Waals surface area (Å²) in [6.45, 7) is 0.176. The van der Waals surface area contributed by atoms with Crippen molar-refractivity contribution in [2.24, 2.45) is 11.1 Å². The number of nitrogens with two attached hydrogens (primary N) is 1. The number of hydrogen-bond acceptors (Lipinski definition) is 3. The van der Waals surface area contributed by atoms with Crippen molar-refractivity contribution in [3.05, 3.63) is 29.6 Å². The molecule has 0 atom stereocenters. The molecule has 1 aromatic carbocycles. The standard InChI is InChI=1S/C12H13FN2O3/c13-8-5-7(10(14)16)1-2-9(8)15-6-12(3-4-12)11(17)18/h1-2,5,15H,3-4,6H2,(H2,14,16)(H,17,18). The molecule has 1 aliphatic rings. The van der Waals surface area contributed by atoms with E-state index in [9.17, 15) is 14.0 Å². The highest BCUT2D eigenvalue weighted by molar-refractivity contribution is 5.93. The maximum Gasteiger partial charge on any atom is 0.311 e. The fourth-order valence-corrected chi connectivity index (χ4v) is 1.69. The van der Waals surface area contributed by atoms with Gasteiger partial charge in [0.1, 0.15) is 5.82 Å². The van der Waals surface area contributed by atoms with Gasteiger partial charge in [0.15, 0.2) is 0 Å². The zero-order valence-electron chi connectivity index (χ0n) is 9.57. The first kappa shape index (κ1) is 12.3. The van der Waals surface area contributed by atoms with Crippen LogP contribution in [0.5, 0.6) is 0 Å². The van der Waals surface area contributed by atoms with Crippen LogP contribution in [0.25, 0.3) is 0 Å². The van der Waals surface area contributed by atoms with Gasteiger partial charge < -0.3 is 16.2 Å². The fourth-order valence-electron chi connectivity index (χ4n) is 1.69. The number of carbonyl (C=O) groups excluding carboxylic acids is 1. The maximum absolute atomic E-state index is 13.6. The minimum atomic E-state index is -0.871. The van der Waals surface area contributed by atoms with E-state index in [1.54, 1.807) is 0 Å². The van der Waals surface area contributed by atoms with Gasteiger partial charge in [0.2, 0.25) is 5.91 Å². The predicted molar refractivity (Wildman–Crippen MR) is 62.7 cm³/mol. The lowest BCUT2D eigenvalue weighted by Crippen LogP contribution is -2.24. The number of primary amides is 1. The number of rotatable bonds is 5. The lowest BCUT2D eigenvalue weighted by molar-refractivity contribution is -0.142. The second kappa shape index (κ2) is 4.29. The Labute approximate surface area is 103 Å². The zero-order valence-corrected chi connectivity index (χ0v) is 9.57. The lowest BCUT2D eigenvalue weighted by atomic mass is 10.1. The highest BCUT2D eigenvalue weighted by Gasteiger charge is 2.50. The van der Waals surface area contributed by atoms with Crippen LogP contribution >= 0.6 is 0 Å². The van der Waals surface area contributed by atoms with Gasteiger partial charge in [0.05, 0.1) is 11.1 Å². The number of carboxylic acid groups (broad SMARTS) is 1. The minimum absolute atomic E-state index is 0.0809. The summed E-state index contributed by atoms with van der Waals surface area (Å²) in [7, 11) is 0. The molecule has 1 aliphatic carbocycles. The Kier molecular flexibility index (Phi) is 2.94. The molecule has 6 heteroatoms. The van der Waals surface area contributed by atoms with Gasteiger partial charge in [-0.1, -0.05) is 0 Å². The summed E-state index contributed by atoms with van der Waals surface area (Å²) in [4.78, 5) is 21.8. The number of aliphatic carboxylic acids is 1. The Morgan fingerprint density at radius 2 is 2.11 bits per heavy atom. The third-order valence-electron chi connectivity index (χ3n) is 3.18. The molecule has 0 bridgehead atoms. The molecular formula is C12H13FN2O3. The molecule has 0 aliphatic heterocycles. The number of carbonyl (C=O) groups is 2. The number of anilines is 1. The summed E-state index contributed by atoms with van der Waals surface area (Å²) in [5, 5.41) is 11.7. The summed E-state index contributed by atoms with van der Waals surface area (Å²) in [6, 6.07) is 3.81. The molecule has 0 aromatic heterocycles. The van der Waals surface area contributed by atoms with Crippen molar-refractivity contribution in [1.29, 1.82) is 0 Å². The highest BCUT2D eigenvalue weighted by Crippen LogP contribution is 2.45. The summed E-state index contributed by atoms with van der Waals surface area (Å²) >= 11 is 0. The van der Waals surface area contributed by atoms with Crippen molar-refractivity contribution in [2.45, 2.75) is 12.8 Å². The van der Waals surface area contributed by atoms with Gasteiger partial charge in [-0.15, -0.1) is 0 Å². The van der Waals surface area contributed by atoms with E-state index < -0.39 is 23.1 Å². The van der Waals surface area contributed by atoms with E-state index in [2.05, 4.69) is 5.32 Å². The normalized spacial score (nSPS) is 16.1. The van der Waals surface area contributed by atoms with Crippen LogP contribution in [0.4, 0.5) is 10.1 Å². The molecule has 5 nitrogen and oxygen atoms in total. The number of carboxylic acids is 1. The number of benzene rings is 1. The first-order valence-electron chi connectivity index (χ1n) is 5.51. The smallest absolute Gasteiger partial charge is 0.311 e. The third-order valence-corrected chi connectivity index (χ3v) is 3.18. The van der Waals surface area contributed by atoms with E-state index in [-0.39, 0.29) is 17.8 Å². The molecule has 1 fully saturated rings. The van der Waals surface area contributed by atoms with Crippen LogP contribution in [-0.4, -0.2) is 23.5 Å². The Bertz CT molecular complexity index is 512. The molecule has 0 unspecified atom stereocenters. The van der Waals surface area contributed by atoms with Crippen LogP contribution in [0.1, 0.15) is 23.2 Å². The van der Waals surface area contributed by atoms with Crippen molar-refractivity contribution in [3.8, 4) is 0 Å². The maximum atomic E-state index is 13.6. The molecule has 4 N–H and O–H groups in total. The molecule has 1 saturated carbocycles. The highest BCUT2D eigenvalue weighted by atomic mass is 19.1. The van der Waals surface area contributed by atoms with Crippen LogP contribution in [0.15, 0.2) is 18.2 Å². The van der Waals surface area contributed by atoms with Crippen molar-refractivity contribution in [2.75, 3.05) is 11.9 Å². The van der Waals surface area contributed by atoms with Gasteiger partial charge in [0.25, 0.3) is 0 Å². The van der Waals surface area contributed by atoms with Gasteiger partial charge in [-0.2, -0.15) is 0 Å². The molecular weight excluding hydrogens is 239 g/mol. The predicted octanol–water partition coefficient (Wildman–Crippen LogP) is 1.20. The zero-order chi connectivity index (χ0) is 13.3. The van der Waals surface area contributed by atoms with Crippen LogP contribution < -0.4 is 11.1 Å². The summed E-state index contributed by atoms with van der Waals surface area (Å²) in [6.07, 6.45) is 1.19. The Morgan fingerprint density at radius 3 is 2.56 bits per heavy atom. The summed E-state index contributed by atoms with van der Waals surface area (Å²) in [5.74, 6) is -2.19. The molecule has 0 heterocycles. The van der Waals surface area contributed by atoms with Crippen LogP contribution in [0, 0.1) is 11.2 Å². The van der Waals surface area contributed by atoms with Crippen LogP contribution in [-0.2, 0) is 4.79 Å². The molecule has 18 heavy (non-hydrogen) atoms. The monoisotopic (exact) mass is 252 g/mol. The third kappa shape index (κ3) is 2.27. The number of amides is 1. The molecule has 0 spiro atoms. The fraction of sp³-hybridized carbons (Fsp3) is 0.333. The molecule has 1 aromatic rings. The summed E-state index contributed by atoms with van der Waals surface area (Å²) in [5.41, 5.74) is 4.51. The van der Waals surface area contributed by atoms with E-state index in [0.29, 0.717) is 12.8 Å². The van der Waals surface area contributed by atoms with E-state index in [0.717, 1.165) is 6.07 Å². The van der Waals surface area contributed by atoms with Gasteiger partial charge in [-0.3, -0.25) is 9.59 Å². The first-order valence-corrected chi connectivity index (χ1v) is 5.51. The van der Waals surface area contributed by atoms with Gasteiger partial charge in [-0.25, -0.2) is 4.39 Å². The number of hydrogen-bond donors (Lipinski definition) is 3. The van der Waals surface area contributed by atoms with Gasteiger partial charge in [-0.05, 0) is 31.0 Å². The quantitative estimate of drug-likeness (QED) is 0.734. The van der Waals surface area contributed by atoms with Crippen molar-refractivity contribution >= 4 is 17.6 Å². The number of nitrogens with one attached hydrogen (secondary N) is 1. The minimum Gasteiger partial charge on any atom is -0.481 e. The van der Waals surface area contributed by atoms with Gasteiger partial charge in [0, 0.05) is 12.1 Å². The largest absolute Gasteiger partial charge is 0.481 e. The Balaban J connectivity index is 2.07. The van der Waals surface area contributed by atoms with E-state index >= 15 is 0 Å². The SMILES string of the molecule is NC(=O)c1ccc(NCC2(C(=O)O)CC2)c(F)c1. The first-order chi connectivity index (χ1) is 8.44. The molecule has 1 amide bonds. The molecule has 2 rings (SSSR count). The van der Waals surface area contributed by atoms with Crippen molar-refractivity contribution in [1.82, 2.24) is 0 Å². The number of halogens is 1. The average Bonchev–Trinajstić information content (AvgIpc) is 3.08. The Morgan fingerprint density at radius 1 is 1.44 bits per heavy atom. The van der Waals surface area contributed by atoms with E-state index in [4.69, 9.17) is 10.8 Å². The van der Waals surface area contributed by atoms with Crippen molar-refractivity contribution < 1.29 is 19.1 Å². The Hall–Kier alpha value is -2.11. The molecule has 96 valence electrons. The average molecular weight is 252 g/mol. The van der Waals surface area contributed by atoms with Crippen LogP contribution in [0.2, 0.25) is 0 Å². The van der Waals surface area contributed by atoms with Crippen LogP contribution in [0.3, 0.4) is 0 Å². The molecule has 0 radical (unpaired) electrons. The van der Waals surface area contributed by atoms with Gasteiger partial charge >= 0.3 is 5.97 Å². The topological polar surface area (TPSA) is 92.4 Å². The van der Waals surface area contributed by atoms with E-state index in [1.165, 1.54) is 12.1 Å². The van der Waals surface area contributed by atoms with E-state index in [1.807, 2.05) is 0 Å². The second-order valence-corrected chi connectivity index (χ2v) is 4.50. The molecule has 0 saturated heterocycles.